The van der Waals surface area contributed by atoms with Crippen molar-refractivity contribution < 1.29 is 5.11 Å². The molecule has 0 saturated heterocycles. The van der Waals surface area contributed by atoms with Crippen molar-refractivity contribution in [2.75, 3.05) is 11.9 Å². The first-order valence-electron chi connectivity index (χ1n) is 4.03. The van der Waals surface area contributed by atoms with Gasteiger partial charge in [0.15, 0.2) is 0 Å². The number of phenolic OH excluding ortho intramolecular Hbond substituents is 1. The Labute approximate surface area is 76.2 Å². The van der Waals surface area contributed by atoms with E-state index in [1.807, 2.05) is 6.07 Å². The van der Waals surface area contributed by atoms with E-state index in [2.05, 4.69) is 5.32 Å². The largest absolute Gasteiger partial charge is 0.506 e. The van der Waals surface area contributed by atoms with Crippen LogP contribution >= 0.6 is 11.6 Å². The average molecular weight is 184 g/mol. The second kappa shape index (κ2) is 2.87. The van der Waals surface area contributed by atoms with Crippen LogP contribution in [-0.2, 0) is 6.42 Å². The van der Waals surface area contributed by atoms with E-state index < -0.39 is 0 Å². The third-order valence-corrected chi connectivity index (χ3v) is 2.56. The Morgan fingerprint density at radius 2 is 2.25 bits per heavy atom. The lowest BCUT2D eigenvalue weighted by Crippen LogP contribution is -2.11. The standard InChI is InChI=1S/C9H10ClNO/c10-9-6-2-1-5-11-7(6)3-4-8(9)12/h3-4,11-12H,1-2,5H2. The number of halogens is 1. The lowest BCUT2D eigenvalue weighted by molar-refractivity contribution is 0.474. The van der Waals surface area contributed by atoms with Crippen LogP contribution in [0.15, 0.2) is 12.1 Å². The van der Waals surface area contributed by atoms with E-state index in [4.69, 9.17) is 11.6 Å². The van der Waals surface area contributed by atoms with E-state index in [0.29, 0.717) is 5.02 Å². The summed E-state index contributed by atoms with van der Waals surface area (Å²) in [7, 11) is 0. The Kier molecular flexibility index (Phi) is 1.85. The van der Waals surface area contributed by atoms with Crippen molar-refractivity contribution >= 4 is 17.3 Å². The molecule has 1 aliphatic rings. The first kappa shape index (κ1) is 7.74. The number of rotatable bonds is 0. The number of anilines is 1. The molecule has 1 heterocycles. The quantitative estimate of drug-likeness (QED) is 0.606. The molecule has 1 aromatic rings. The van der Waals surface area contributed by atoms with Gasteiger partial charge in [0.2, 0.25) is 0 Å². The van der Waals surface area contributed by atoms with E-state index in [1.54, 1.807) is 6.07 Å². The molecule has 3 heteroatoms. The van der Waals surface area contributed by atoms with Crippen molar-refractivity contribution in [1.29, 1.82) is 0 Å². The highest BCUT2D eigenvalue weighted by molar-refractivity contribution is 6.33. The molecule has 2 nitrogen and oxygen atoms in total. The normalized spacial score (nSPS) is 15.1. The van der Waals surface area contributed by atoms with Crippen LogP contribution in [0.1, 0.15) is 12.0 Å². The van der Waals surface area contributed by atoms with Crippen LogP contribution < -0.4 is 5.32 Å². The SMILES string of the molecule is Oc1ccc2c(c1Cl)CCCN2. The number of benzene rings is 1. The van der Waals surface area contributed by atoms with Crippen LogP contribution in [0.25, 0.3) is 0 Å². The van der Waals surface area contributed by atoms with E-state index in [-0.39, 0.29) is 5.75 Å². The highest BCUT2D eigenvalue weighted by Gasteiger charge is 2.13. The maximum Gasteiger partial charge on any atom is 0.134 e. The number of aromatic hydroxyl groups is 1. The molecule has 0 radical (unpaired) electrons. The van der Waals surface area contributed by atoms with Crippen molar-refractivity contribution in [2.24, 2.45) is 0 Å². The molecule has 2 rings (SSSR count). The zero-order chi connectivity index (χ0) is 8.55. The summed E-state index contributed by atoms with van der Waals surface area (Å²) >= 11 is 5.92. The van der Waals surface area contributed by atoms with Gasteiger partial charge in [0, 0.05) is 12.2 Å². The molecule has 0 amide bonds. The molecule has 12 heavy (non-hydrogen) atoms. The Morgan fingerprint density at radius 1 is 1.42 bits per heavy atom. The number of hydrogen-bond acceptors (Lipinski definition) is 2. The molecule has 0 spiro atoms. The second-order valence-corrected chi connectivity index (χ2v) is 3.33. The lowest BCUT2D eigenvalue weighted by Gasteiger charge is -2.19. The average Bonchev–Trinajstić information content (AvgIpc) is 2.12. The molecule has 1 aliphatic heterocycles. The summed E-state index contributed by atoms with van der Waals surface area (Å²) in [6, 6.07) is 3.50. The van der Waals surface area contributed by atoms with Crippen molar-refractivity contribution in [3.63, 3.8) is 0 Å². The molecular formula is C9H10ClNO. The molecule has 0 bridgehead atoms. The Balaban J connectivity index is 2.54. The first-order chi connectivity index (χ1) is 5.79. The zero-order valence-electron chi connectivity index (χ0n) is 6.60. The summed E-state index contributed by atoms with van der Waals surface area (Å²) in [6.45, 7) is 0.994. The summed E-state index contributed by atoms with van der Waals surface area (Å²) in [4.78, 5) is 0. The Morgan fingerprint density at radius 3 is 3.08 bits per heavy atom. The monoisotopic (exact) mass is 183 g/mol. The third kappa shape index (κ3) is 1.12. The Bertz CT molecular complexity index is 312. The summed E-state index contributed by atoms with van der Waals surface area (Å²) in [5, 5.41) is 13.1. The summed E-state index contributed by atoms with van der Waals surface area (Å²) < 4.78 is 0. The topological polar surface area (TPSA) is 32.3 Å². The van der Waals surface area contributed by atoms with Crippen LogP contribution in [0.2, 0.25) is 5.02 Å². The zero-order valence-corrected chi connectivity index (χ0v) is 7.36. The van der Waals surface area contributed by atoms with Crippen LogP contribution in [0.4, 0.5) is 5.69 Å². The molecular weight excluding hydrogens is 174 g/mol. The van der Waals surface area contributed by atoms with Crippen LogP contribution in [-0.4, -0.2) is 11.7 Å². The smallest absolute Gasteiger partial charge is 0.134 e. The van der Waals surface area contributed by atoms with Gasteiger partial charge in [-0.05, 0) is 30.5 Å². The number of fused-ring (bicyclic) bond motifs is 1. The minimum atomic E-state index is 0.180. The minimum Gasteiger partial charge on any atom is -0.506 e. The van der Waals surface area contributed by atoms with Crippen molar-refractivity contribution in [3.05, 3.63) is 22.7 Å². The molecule has 0 aliphatic carbocycles. The van der Waals surface area contributed by atoms with Crippen molar-refractivity contribution in [1.82, 2.24) is 0 Å². The third-order valence-electron chi connectivity index (χ3n) is 2.14. The van der Waals surface area contributed by atoms with Gasteiger partial charge in [-0.25, -0.2) is 0 Å². The molecule has 1 aromatic carbocycles. The molecule has 0 saturated carbocycles. The van der Waals surface area contributed by atoms with Crippen molar-refractivity contribution in [3.8, 4) is 5.75 Å². The number of nitrogens with one attached hydrogen (secondary N) is 1. The first-order valence-corrected chi connectivity index (χ1v) is 4.41. The predicted octanol–water partition coefficient (Wildman–Crippen LogP) is 2.40. The van der Waals surface area contributed by atoms with Crippen LogP contribution in [0, 0.1) is 0 Å². The maximum absolute atomic E-state index is 9.32. The fourth-order valence-corrected chi connectivity index (χ4v) is 1.77. The van der Waals surface area contributed by atoms with Gasteiger partial charge >= 0.3 is 0 Å². The number of phenols is 1. The molecule has 2 N–H and O–H groups in total. The van der Waals surface area contributed by atoms with Crippen LogP contribution in [0.5, 0.6) is 5.75 Å². The van der Waals surface area contributed by atoms with Gasteiger partial charge in [0.05, 0.1) is 5.02 Å². The van der Waals surface area contributed by atoms with Gasteiger partial charge in [0.25, 0.3) is 0 Å². The van der Waals surface area contributed by atoms with Gasteiger partial charge in [-0.1, -0.05) is 11.6 Å². The fraction of sp³-hybridized carbons (Fsp3) is 0.333. The molecule has 0 atom stereocenters. The van der Waals surface area contributed by atoms with E-state index in [9.17, 15) is 5.11 Å². The van der Waals surface area contributed by atoms with E-state index >= 15 is 0 Å². The summed E-state index contributed by atoms with van der Waals surface area (Å²) in [5.74, 6) is 0.180. The number of hydrogen-bond donors (Lipinski definition) is 2. The van der Waals surface area contributed by atoms with E-state index in [0.717, 1.165) is 30.6 Å². The summed E-state index contributed by atoms with van der Waals surface area (Å²) in [5.41, 5.74) is 2.10. The van der Waals surface area contributed by atoms with Crippen LogP contribution in [0.3, 0.4) is 0 Å². The lowest BCUT2D eigenvalue weighted by atomic mass is 10.0. The summed E-state index contributed by atoms with van der Waals surface area (Å²) in [6.07, 6.45) is 2.03. The second-order valence-electron chi connectivity index (χ2n) is 2.96. The molecule has 64 valence electrons. The van der Waals surface area contributed by atoms with Gasteiger partial charge in [-0.2, -0.15) is 0 Å². The maximum atomic E-state index is 9.32. The van der Waals surface area contributed by atoms with E-state index in [1.165, 1.54) is 0 Å². The predicted molar refractivity (Wildman–Crippen MR) is 49.9 cm³/mol. The Hall–Kier alpha value is -0.890. The molecule has 0 unspecified atom stereocenters. The molecule has 0 fully saturated rings. The van der Waals surface area contributed by atoms with Gasteiger partial charge < -0.3 is 10.4 Å². The fourth-order valence-electron chi connectivity index (χ4n) is 1.51. The van der Waals surface area contributed by atoms with Gasteiger partial charge in [0.1, 0.15) is 5.75 Å². The highest BCUT2D eigenvalue weighted by atomic mass is 35.5. The van der Waals surface area contributed by atoms with Gasteiger partial charge in [-0.3, -0.25) is 0 Å². The van der Waals surface area contributed by atoms with Crippen molar-refractivity contribution in [2.45, 2.75) is 12.8 Å². The highest BCUT2D eigenvalue weighted by Crippen LogP contribution is 2.35. The minimum absolute atomic E-state index is 0.180. The van der Waals surface area contributed by atoms with Gasteiger partial charge in [-0.15, -0.1) is 0 Å². The molecule has 0 aromatic heterocycles.